The number of hydrogen-bond donors (Lipinski definition) is 3. The number of benzene rings is 1. The van der Waals surface area contributed by atoms with E-state index in [1.54, 1.807) is 17.4 Å². The number of rotatable bonds is 3. The molecule has 1 aromatic carbocycles. The zero-order chi connectivity index (χ0) is 28.9. The Bertz CT molecular complexity index is 1320. The Morgan fingerprint density at radius 3 is 2.62 bits per heavy atom. The van der Waals surface area contributed by atoms with E-state index in [1.807, 2.05) is 56.8 Å². The highest BCUT2D eigenvalue weighted by Crippen LogP contribution is 2.38. The molecule has 2 unspecified atom stereocenters. The molecule has 2 aromatic rings. The summed E-state index contributed by atoms with van der Waals surface area (Å²) in [6.07, 6.45) is 12.4. The third-order valence-electron chi connectivity index (χ3n) is 6.79. The second-order valence-electron chi connectivity index (χ2n) is 11.1. The lowest BCUT2D eigenvalue weighted by Crippen LogP contribution is -2.48. The monoisotopic (exact) mass is 566 g/mol. The first-order valence-electron chi connectivity index (χ1n) is 13.6. The smallest absolute Gasteiger partial charge is 0.410 e. The van der Waals surface area contributed by atoms with E-state index in [2.05, 4.69) is 39.2 Å². The van der Waals surface area contributed by atoms with Crippen LogP contribution in [0.25, 0.3) is 5.57 Å². The van der Waals surface area contributed by atoms with Gasteiger partial charge in [-0.2, -0.15) is 0 Å². The maximum atomic E-state index is 12.0. The molecule has 0 radical (unpaired) electrons. The molecule has 1 aromatic heterocycles. The Balaban J connectivity index is 0.000000240. The number of nitrogens with zero attached hydrogens (tertiary/aromatic N) is 3. The molecule has 2 amide bonds. The van der Waals surface area contributed by atoms with Crippen LogP contribution in [0.1, 0.15) is 50.6 Å². The van der Waals surface area contributed by atoms with Crippen LogP contribution in [0.3, 0.4) is 0 Å². The van der Waals surface area contributed by atoms with Crippen molar-refractivity contribution < 1.29 is 14.3 Å². The van der Waals surface area contributed by atoms with Crippen LogP contribution in [-0.2, 0) is 23.0 Å². The van der Waals surface area contributed by atoms with E-state index < -0.39 is 0 Å². The van der Waals surface area contributed by atoms with Crippen LogP contribution in [0.5, 0.6) is 0 Å². The number of fused-ring (bicyclic) bond motifs is 2. The molecule has 3 N–H and O–H groups in total. The van der Waals surface area contributed by atoms with Crippen LogP contribution in [0, 0.1) is 0 Å². The largest absolute Gasteiger partial charge is 0.444 e. The number of halogens is 1. The molecular weight excluding hydrogens is 528 g/mol. The van der Waals surface area contributed by atoms with Gasteiger partial charge in [0.2, 0.25) is 5.91 Å². The summed E-state index contributed by atoms with van der Waals surface area (Å²) in [6, 6.07) is 5.85. The van der Waals surface area contributed by atoms with Gasteiger partial charge in [-0.15, -0.1) is 0 Å². The van der Waals surface area contributed by atoms with Crippen molar-refractivity contribution in [2.75, 3.05) is 26.2 Å². The normalized spacial score (nSPS) is 18.9. The van der Waals surface area contributed by atoms with Gasteiger partial charge in [-0.25, -0.2) is 9.78 Å². The highest BCUT2D eigenvalue weighted by Gasteiger charge is 2.29. The van der Waals surface area contributed by atoms with E-state index >= 15 is 0 Å². The molecule has 2 aliphatic heterocycles. The van der Waals surface area contributed by atoms with Crippen LogP contribution in [-0.4, -0.2) is 64.3 Å². The summed E-state index contributed by atoms with van der Waals surface area (Å²) in [5.41, 5.74) is 4.97. The molecule has 1 saturated heterocycles. The Kier molecular flexibility index (Phi) is 9.37. The number of carbonyl (C=O) groups is 2. The number of aromatic nitrogens is 2. The fourth-order valence-corrected chi connectivity index (χ4v) is 5.09. The average molecular weight is 567 g/mol. The van der Waals surface area contributed by atoms with E-state index in [1.165, 1.54) is 18.1 Å². The van der Waals surface area contributed by atoms with Crippen molar-refractivity contribution in [3.05, 3.63) is 82.6 Å². The van der Waals surface area contributed by atoms with Crippen molar-refractivity contribution in [1.29, 1.82) is 0 Å². The quantitative estimate of drug-likeness (QED) is 0.516. The summed E-state index contributed by atoms with van der Waals surface area (Å²) in [7, 11) is 1.93. The lowest BCUT2D eigenvalue weighted by atomic mass is 9.92. The first kappa shape index (κ1) is 29.4. The van der Waals surface area contributed by atoms with Crippen LogP contribution in [0.4, 0.5) is 4.79 Å². The Morgan fingerprint density at radius 1 is 1.23 bits per heavy atom. The molecule has 2 atom stereocenters. The maximum Gasteiger partial charge on any atom is 0.410 e. The number of amides is 2. The third-order valence-corrected chi connectivity index (χ3v) is 7.03. The summed E-state index contributed by atoms with van der Waals surface area (Å²) in [5, 5.41) is 10.4. The van der Waals surface area contributed by atoms with Gasteiger partial charge in [0.05, 0.1) is 30.3 Å². The van der Waals surface area contributed by atoms with E-state index in [-0.39, 0.29) is 29.7 Å². The number of hydrogen-bond acceptors (Lipinski definition) is 6. The molecule has 0 bridgehead atoms. The van der Waals surface area contributed by atoms with Gasteiger partial charge in [0.1, 0.15) is 5.60 Å². The highest BCUT2D eigenvalue weighted by molar-refractivity contribution is 6.30. The molecule has 3 heterocycles. The minimum absolute atomic E-state index is 0.0953. The molecule has 40 heavy (non-hydrogen) atoms. The first-order valence-corrected chi connectivity index (χ1v) is 13.9. The van der Waals surface area contributed by atoms with Crippen LogP contribution >= 0.6 is 11.6 Å². The summed E-state index contributed by atoms with van der Waals surface area (Å²) >= 11 is 6.34. The molecule has 0 saturated carbocycles. The van der Waals surface area contributed by atoms with Crippen molar-refractivity contribution >= 4 is 29.2 Å². The summed E-state index contributed by atoms with van der Waals surface area (Å²) < 4.78 is 7.17. The number of aryl methyl sites for hydroxylation is 1. The Labute approximate surface area is 241 Å². The van der Waals surface area contributed by atoms with Gasteiger partial charge in [-0.1, -0.05) is 29.8 Å². The Morgan fingerprint density at radius 2 is 1.98 bits per heavy atom. The van der Waals surface area contributed by atoms with Gasteiger partial charge in [-0.05, 0) is 73.9 Å². The van der Waals surface area contributed by atoms with Crippen LogP contribution in [0.15, 0.2) is 60.7 Å². The summed E-state index contributed by atoms with van der Waals surface area (Å²) in [6.45, 7) is 10.4. The zero-order valence-corrected chi connectivity index (χ0v) is 24.6. The maximum absolute atomic E-state index is 12.0. The number of allylic oxidation sites excluding steroid dienone is 2. The van der Waals surface area contributed by atoms with Gasteiger partial charge < -0.3 is 30.2 Å². The number of dihydropyridines is 1. The summed E-state index contributed by atoms with van der Waals surface area (Å²) in [4.78, 5) is 29.5. The van der Waals surface area contributed by atoms with Crippen molar-refractivity contribution in [3.8, 4) is 0 Å². The van der Waals surface area contributed by atoms with Gasteiger partial charge >= 0.3 is 6.09 Å². The second-order valence-corrected chi connectivity index (χ2v) is 11.6. The Hall–Kier alpha value is -3.56. The molecule has 5 rings (SSSR count). The zero-order valence-electron chi connectivity index (χ0n) is 23.8. The molecule has 9 nitrogen and oxygen atoms in total. The molecular formula is C30H39ClN6O3. The van der Waals surface area contributed by atoms with Crippen molar-refractivity contribution in [3.63, 3.8) is 0 Å². The molecule has 3 aliphatic rings. The number of nitrogens with one attached hydrogen (secondary N) is 3. The molecule has 0 spiro atoms. The average Bonchev–Trinajstić information content (AvgIpc) is 3.25. The molecule has 214 valence electrons. The van der Waals surface area contributed by atoms with E-state index in [0.29, 0.717) is 5.02 Å². The standard InChI is InChI=1S/C21H21ClN4O.C9H18N2O2/c1-13(27)25-21(20-11-23-12-26(20)2)18-8-15-4-3-7-24-19(15)9-14-5-6-16(22)10-17(14)18;1-9(2,3)13-8(12)11-6-4-10-5-7-11/h3-8,10-12,19,21,24H,9H2,1-2H3,(H,25,27);10H,4-7H2,1-3H3. The minimum atomic E-state index is -0.387. The van der Waals surface area contributed by atoms with Crippen molar-refractivity contribution in [1.82, 2.24) is 30.4 Å². The third kappa shape index (κ3) is 7.55. The van der Waals surface area contributed by atoms with Crippen molar-refractivity contribution in [2.24, 2.45) is 7.05 Å². The number of ether oxygens (including phenoxy) is 1. The van der Waals surface area contributed by atoms with Gasteiger partial charge in [0.25, 0.3) is 0 Å². The molecule has 10 heteroatoms. The van der Waals surface area contributed by atoms with E-state index in [4.69, 9.17) is 16.3 Å². The molecule has 1 fully saturated rings. The predicted octanol–water partition coefficient (Wildman–Crippen LogP) is 4.13. The number of piperazine rings is 1. The number of carbonyl (C=O) groups excluding carboxylic acids is 2. The lowest BCUT2D eigenvalue weighted by Gasteiger charge is -2.30. The van der Waals surface area contributed by atoms with Gasteiger partial charge in [0.15, 0.2) is 0 Å². The van der Waals surface area contributed by atoms with Crippen molar-refractivity contribution in [2.45, 2.75) is 51.8 Å². The van der Waals surface area contributed by atoms with Gasteiger partial charge in [-0.3, -0.25) is 4.79 Å². The van der Waals surface area contributed by atoms with E-state index in [9.17, 15) is 9.59 Å². The van der Waals surface area contributed by atoms with E-state index in [0.717, 1.165) is 49.4 Å². The van der Waals surface area contributed by atoms with Gasteiger partial charge in [0, 0.05) is 45.2 Å². The fraction of sp³-hybridized carbons (Fsp3) is 0.433. The topological polar surface area (TPSA) is 101 Å². The van der Waals surface area contributed by atoms with Crippen LogP contribution < -0.4 is 16.0 Å². The SMILES string of the molecule is CC(=O)NC(C1=CC2=CC=CNC2Cc2ccc(Cl)cc21)c1cncn1C.CC(C)(C)OC(=O)N1CCNCC1. The number of imidazole rings is 1. The predicted molar refractivity (Wildman–Crippen MR) is 158 cm³/mol. The molecule has 1 aliphatic carbocycles. The highest BCUT2D eigenvalue weighted by atomic mass is 35.5. The van der Waals surface area contributed by atoms with Crippen LogP contribution in [0.2, 0.25) is 5.02 Å². The first-order chi connectivity index (χ1) is 19.0. The minimum Gasteiger partial charge on any atom is -0.444 e. The second kappa shape index (κ2) is 12.7. The summed E-state index contributed by atoms with van der Waals surface area (Å²) in [5.74, 6) is -0.0953. The lowest BCUT2D eigenvalue weighted by molar-refractivity contribution is -0.119. The fourth-order valence-electron chi connectivity index (χ4n) is 4.91.